The van der Waals surface area contributed by atoms with Gasteiger partial charge < -0.3 is 9.16 Å². The Morgan fingerprint density at radius 3 is 2.44 bits per heavy atom. The molecule has 0 aliphatic rings. The first-order chi connectivity index (χ1) is 12.9. The van der Waals surface area contributed by atoms with E-state index in [0.29, 0.717) is 19.3 Å². The van der Waals surface area contributed by atoms with Crippen LogP contribution in [0.3, 0.4) is 0 Å². The quantitative estimate of drug-likeness (QED) is 0.179. The van der Waals surface area contributed by atoms with E-state index in [1.165, 1.54) is 0 Å². The van der Waals surface area contributed by atoms with Crippen molar-refractivity contribution in [2.24, 2.45) is 0 Å². The maximum absolute atomic E-state index is 12.5. The molecule has 0 spiro atoms. The SMILES string of the molecule is CCCCC[C@H](C/C=C/C(=O)C[C@@H](O[Si](C)(C)C)c1ccccc1)OC=O. The van der Waals surface area contributed by atoms with E-state index in [-0.39, 0.29) is 18.0 Å². The van der Waals surface area contributed by atoms with Crippen molar-refractivity contribution in [3.63, 3.8) is 0 Å². The van der Waals surface area contributed by atoms with E-state index in [9.17, 15) is 9.59 Å². The van der Waals surface area contributed by atoms with Gasteiger partial charge in [-0.2, -0.15) is 0 Å². The normalized spacial score (nSPS) is 14.1. The van der Waals surface area contributed by atoms with Gasteiger partial charge >= 0.3 is 0 Å². The molecule has 0 aromatic heterocycles. The molecule has 0 unspecified atom stereocenters. The molecule has 0 fully saturated rings. The maximum atomic E-state index is 12.5. The fourth-order valence-electron chi connectivity index (χ4n) is 2.87. The van der Waals surface area contributed by atoms with Crippen molar-refractivity contribution in [1.82, 2.24) is 0 Å². The van der Waals surface area contributed by atoms with Crippen LogP contribution in [0.1, 0.15) is 57.1 Å². The zero-order chi connectivity index (χ0) is 20.1. The van der Waals surface area contributed by atoms with Gasteiger partial charge in [0.05, 0.1) is 6.10 Å². The van der Waals surface area contributed by atoms with Crippen molar-refractivity contribution in [3.8, 4) is 0 Å². The number of benzene rings is 1. The Kier molecular flexibility index (Phi) is 10.9. The van der Waals surface area contributed by atoms with Gasteiger partial charge in [0.1, 0.15) is 6.10 Å². The number of carbonyl (C=O) groups is 2. The minimum atomic E-state index is -1.78. The highest BCUT2D eigenvalue weighted by molar-refractivity contribution is 6.69. The topological polar surface area (TPSA) is 52.6 Å². The van der Waals surface area contributed by atoms with E-state index in [1.54, 1.807) is 6.08 Å². The lowest BCUT2D eigenvalue weighted by Gasteiger charge is -2.26. The summed E-state index contributed by atoms with van der Waals surface area (Å²) in [6.07, 6.45) is 8.03. The average Bonchev–Trinajstić information content (AvgIpc) is 2.61. The zero-order valence-electron chi connectivity index (χ0n) is 17.1. The fraction of sp³-hybridized carbons (Fsp3) is 0.545. The Labute approximate surface area is 165 Å². The van der Waals surface area contributed by atoms with Crippen LogP contribution >= 0.6 is 0 Å². The number of rotatable bonds is 14. The Hall–Kier alpha value is -1.72. The summed E-state index contributed by atoms with van der Waals surface area (Å²) in [5.74, 6) is 0.0283. The molecular formula is C22H34O4Si. The average molecular weight is 391 g/mol. The van der Waals surface area contributed by atoms with Crippen molar-refractivity contribution >= 4 is 20.6 Å². The summed E-state index contributed by atoms with van der Waals surface area (Å²) in [6, 6.07) is 9.90. The van der Waals surface area contributed by atoms with Gasteiger partial charge in [0, 0.05) is 12.8 Å². The van der Waals surface area contributed by atoms with Crippen LogP contribution in [0.15, 0.2) is 42.5 Å². The van der Waals surface area contributed by atoms with Gasteiger partial charge in [-0.15, -0.1) is 0 Å². The summed E-state index contributed by atoms with van der Waals surface area (Å²) in [5, 5.41) is 0. The van der Waals surface area contributed by atoms with E-state index >= 15 is 0 Å². The Balaban J connectivity index is 2.63. The van der Waals surface area contributed by atoms with Crippen LogP contribution in [0.4, 0.5) is 0 Å². The van der Waals surface area contributed by atoms with Gasteiger partial charge in [-0.1, -0.05) is 56.2 Å². The van der Waals surface area contributed by atoms with Crippen LogP contribution < -0.4 is 0 Å². The molecule has 2 atom stereocenters. The molecule has 27 heavy (non-hydrogen) atoms. The number of allylic oxidation sites excluding steroid dienone is 1. The number of ether oxygens (including phenoxy) is 1. The molecule has 5 heteroatoms. The second-order valence-electron chi connectivity index (χ2n) is 7.79. The fourth-order valence-corrected chi connectivity index (χ4v) is 3.94. The maximum Gasteiger partial charge on any atom is 0.293 e. The van der Waals surface area contributed by atoms with Crippen LogP contribution in [-0.2, 0) is 18.8 Å². The van der Waals surface area contributed by atoms with Gasteiger partial charge in [0.25, 0.3) is 6.47 Å². The molecule has 0 heterocycles. The molecule has 0 bridgehead atoms. The Morgan fingerprint density at radius 1 is 1.15 bits per heavy atom. The van der Waals surface area contributed by atoms with Crippen molar-refractivity contribution in [2.75, 3.05) is 0 Å². The molecule has 4 nitrogen and oxygen atoms in total. The van der Waals surface area contributed by atoms with E-state index in [4.69, 9.17) is 9.16 Å². The highest BCUT2D eigenvalue weighted by atomic mass is 28.4. The molecule has 0 aliphatic carbocycles. The van der Waals surface area contributed by atoms with E-state index in [0.717, 1.165) is 31.2 Å². The first kappa shape index (κ1) is 23.3. The predicted octanol–water partition coefficient (Wildman–Crippen LogP) is 5.61. The van der Waals surface area contributed by atoms with Gasteiger partial charge in [0.15, 0.2) is 14.1 Å². The highest BCUT2D eigenvalue weighted by Gasteiger charge is 2.23. The molecule has 0 N–H and O–H groups in total. The third-order valence-electron chi connectivity index (χ3n) is 4.13. The first-order valence-electron chi connectivity index (χ1n) is 9.87. The van der Waals surface area contributed by atoms with E-state index in [1.807, 2.05) is 36.4 Å². The van der Waals surface area contributed by atoms with Crippen LogP contribution in [0.2, 0.25) is 19.6 Å². The molecular weight excluding hydrogens is 356 g/mol. The van der Waals surface area contributed by atoms with Crippen molar-refractivity contribution in [2.45, 2.75) is 77.3 Å². The lowest BCUT2D eigenvalue weighted by Crippen LogP contribution is -2.29. The van der Waals surface area contributed by atoms with Gasteiger partial charge in [0.2, 0.25) is 0 Å². The molecule has 0 saturated heterocycles. The van der Waals surface area contributed by atoms with Gasteiger partial charge in [-0.3, -0.25) is 9.59 Å². The third-order valence-corrected chi connectivity index (χ3v) is 5.13. The monoisotopic (exact) mass is 390 g/mol. The molecule has 0 amide bonds. The molecule has 0 saturated carbocycles. The summed E-state index contributed by atoms with van der Waals surface area (Å²) in [4.78, 5) is 23.1. The Bertz CT molecular complexity index is 578. The molecule has 0 aliphatic heterocycles. The summed E-state index contributed by atoms with van der Waals surface area (Å²) in [6.45, 7) is 9.02. The minimum absolute atomic E-state index is 0.0283. The zero-order valence-corrected chi connectivity index (χ0v) is 18.1. The van der Waals surface area contributed by atoms with Crippen LogP contribution in [-0.4, -0.2) is 26.7 Å². The van der Waals surface area contributed by atoms with Crippen LogP contribution in [0, 0.1) is 0 Å². The van der Waals surface area contributed by atoms with Crippen molar-refractivity contribution in [3.05, 3.63) is 48.0 Å². The first-order valence-corrected chi connectivity index (χ1v) is 13.3. The van der Waals surface area contributed by atoms with Gasteiger partial charge in [-0.25, -0.2) is 0 Å². The van der Waals surface area contributed by atoms with E-state index in [2.05, 4.69) is 26.6 Å². The minimum Gasteiger partial charge on any atom is -0.464 e. The number of hydrogen-bond acceptors (Lipinski definition) is 4. The molecule has 1 aromatic carbocycles. The van der Waals surface area contributed by atoms with E-state index < -0.39 is 8.32 Å². The largest absolute Gasteiger partial charge is 0.464 e. The number of unbranched alkanes of at least 4 members (excludes halogenated alkanes) is 2. The number of hydrogen-bond donors (Lipinski definition) is 0. The molecule has 1 rings (SSSR count). The Morgan fingerprint density at radius 2 is 1.85 bits per heavy atom. The lowest BCUT2D eigenvalue weighted by atomic mass is 10.0. The molecule has 0 radical (unpaired) electrons. The number of carbonyl (C=O) groups excluding carboxylic acids is 2. The van der Waals surface area contributed by atoms with Crippen molar-refractivity contribution < 1.29 is 18.8 Å². The predicted molar refractivity (Wildman–Crippen MR) is 112 cm³/mol. The summed E-state index contributed by atoms with van der Waals surface area (Å²) < 4.78 is 11.4. The second kappa shape index (κ2) is 12.6. The molecule has 1 aromatic rings. The lowest BCUT2D eigenvalue weighted by molar-refractivity contribution is -0.133. The van der Waals surface area contributed by atoms with Crippen LogP contribution in [0.5, 0.6) is 0 Å². The second-order valence-corrected chi connectivity index (χ2v) is 12.2. The van der Waals surface area contributed by atoms with Crippen LogP contribution in [0.25, 0.3) is 0 Å². The van der Waals surface area contributed by atoms with Gasteiger partial charge in [-0.05, 0) is 44.1 Å². The highest BCUT2D eigenvalue weighted by Crippen LogP contribution is 2.26. The summed E-state index contributed by atoms with van der Waals surface area (Å²) in [5.41, 5.74) is 1.03. The summed E-state index contributed by atoms with van der Waals surface area (Å²) in [7, 11) is -1.78. The molecule has 150 valence electrons. The van der Waals surface area contributed by atoms with Crippen molar-refractivity contribution in [1.29, 1.82) is 0 Å². The summed E-state index contributed by atoms with van der Waals surface area (Å²) >= 11 is 0. The number of ketones is 1. The standard InChI is InChI=1S/C22H34O4Si/c1-5-6-8-15-21(25-18-23)16-11-14-20(24)17-22(26-27(2,3)4)19-12-9-7-10-13-19/h7,9-14,18,21-22H,5-6,8,15-17H2,1-4H3/b14-11+/t21-,22-/m1/s1. The smallest absolute Gasteiger partial charge is 0.293 e. The third kappa shape index (κ3) is 10.9.